The zero-order chi connectivity index (χ0) is 18.7. The number of benzene rings is 1. The molecule has 2 aromatic heterocycles. The van der Waals surface area contributed by atoms with E-state index in [-0.39, 0.29) is 11.6 Å². The van der Waals surface area contributed by atoms with Crippen molar-refractivity contribution in [3.63, 3.8) is 0 Å². The number of aromatic nitrogens is 4. The average molecular weight is 388 g/mol. The second-order valence-corrected chi connectivity index (χ2v) is 5.51. The summed E-state index contributed by atoms with van der Waals surface area (Å²) in [4.78, 5) is 7.16. The lowest BCUT2D eigenvalue weighted by Crippen LogP contribution is -2.12. The molecule has 0 aliphatic rings. The standard InChI is InChI=1S/C15H13ClF3N5O2/c1-25-4-5-26-11-3-2-9(6-10(11)16)22-13-7-12(15(17,18)19)23-14-20-8-21-24(13)14/h2-3,6-8,22H,4-5H2,1H3. The molecule has 26 heavy (non-hydrogen) atoms. The van der Waals surface area contributed by atoms with E-state index in [0.29, 0.717) is 29.7 Å². The summed E-state index contributed by atoms with van der Waals surface area (Å²) in [5, 5.41) is 7.00. The van der Waals surface area contributed by atoms with Crippen molar-refractivity contribution in [1.82, 2.24) is 19.6 Å². The number of anilines is 2. The van der Waals surface area contributed by atoms with Crippen LogP contribution in [-0.2, 0) is 10.9 Å². The summed E-state index contributed by atoms with van der Waals surface area (Å²) < 4.78 is 50.5. The third-order valence-electron chi connectivity index (χ3n) is 3.29. The molecule has 0 fully saturated rings. The lowest BCUT2D eigenvalue weighted by molar-refractivity contribution is -0.141. The number of hydrogen-bond donors (Lipinski definition) is 1. The Bertz CT molecular complexity index is 916. The van der Waals surface area contributed by atoms with Gasteiger partial charge in [-0.05, 0) is 18.2 Å². The maximum atomic E-state index is 13.0. The van der Waals surface area contributed by atoms with Crippen molar-refractivity contribution in [2.75, 3.05) is 25.6 Å². The molecule has 0 atom stereocenters. The van der Waals surface area contributed by atoms with Gasteiger partial charge in [0.15, 0.2) is 5.69 Å². The SMILES string of the molecule is COCCOc1ccc(Nc2cc(C(F)(F)F)nc3ncnn23)cc1Cl. The maximum Gasteiger partial charge on any atom is 0.433 e. The van der Waals surface area contributed by atoms with Gasteiger partial charge in [-0.25, -0.2) is 4.98 Å². The van der Waals surface area contributed by atoms with Crippen LogP contribution in [-0.4, -0.2) is 39.9 Å². The van der Waals surface area contributed by atoms with Gasteiger partial charge in [0.2, 0.25) is 0 Å². The predicted molar refractivity (Wildman–Crippen MR) is 87.9 cm³/mol. The van der Waals surface area contributed by atoms with Gasteiger partial charge in [0.1, 0.15) is 24.5 Å². The van der Waals surface area contributed by atoms with Gasteiger partial charge in [0, 0.05) is 18.9 Å². The molecule has 0 saturated carbocycles. The number of nitrogens with one attached hydrogen (secondary N) is 1. The molecular formula is C15H13ClF3N5O2. The molecule has 0 aliphatic heterocycles. The van der Waals surface area contributed by atoms with E-state index in [2.05, 4.69) is 20.4 Å². The summed E-state index contributed by atoms with van der Waals surface area (Å²) in [7, 11) is 1.55. The van der Waals surface area contributed by atoms with Gasteiger partial charge in [-0.2, -0.15) is 27.8 Å². The average Bonchev–Trinajstić information content (AvgIpc) is 3.05. The number of hydrogen-bond acceptors (Lipinski definition) is 6. The molecule has 3 rings (SSSR count). The minimum Gasteiger partial charge on any atom is -0.490 e. The van der Waals surface area contributed by atoms with E-state index >= 15 is 0 Å². The summed E-state index contributed by atoms with van der Waals surface area (Å²) in [6, 6.07) is 5.59. The second-order valence-electron chi connectivity index (χ2n) is 5.11. The topological polar surface area (TPSA) is 73.6 Å². The molecule has 0 amide bonds. The molecule has 0 bridgehead atoms. The van der Waals surface area contributed by atoms with Gasteiger partial charge in [-0.1, -0.05) is 11.6 Å². The smallest absolute Gasteiger partial charge is 0.433 e. The molecule has 7 nitrogen and oxygen atoms in total. The summed E-state index contributed by atoms with van der Waals surface area (Å²) >= 11 is 6.14. The molecular weight excluding hydrogens is 375 g/mol. The Morgan fingerprint density at radius 3 is 2.73 bits per heavy atom. The molecule has 0 aliphatic carbocycles. The fraction of sp³-hybridized carbons (Fsp3) is 0.267. The first-order valence-electron chi connectivity index (χ1n) is 7.35. The third kappa shape index (κ3) is 3.97. The first kappa shape index (κ1) is 18.2. The molecule has 3 aromatic rings. The highest BCUT2D eigenvalue weighted by Crippen LogP contribution is 2.32. The van der Waals surface area contributed by atoms with E-state index in [9.17, 15) is 13.2 Å². The summed E-state index contributed by atoms with van der Waals surface area (Å²) in [5.74, 6) is 0.308. The molecule has 0 spiro atoms. The van der Waals surface area contributed by atoms with E-state index in [1.165, 1.54) is 6.07 Å². The number of alkyl halides is 3. The quantitative estimate of drug-likeness (QED) is 0.652. The molecule has 11 heteroatoms. The van der Waals surface area contributed by atoms with Crippen LogP contribution in [0.2, 0.25) is 5.02 Å². The highest BCUT2D eigenvalue weighted by atomic mass is 35.5. The molecule has 0 radical (unpaired) electrons. The van der Waals surface area contributed by atoms with E-state index in [1.54, 1.807) is 19.2 Å². The van der Waals surface area contributed by atoms with E-state index in [0.717, 1.165) is 16.9 Å². The fourth-order valence-electron chi connectivity index (χ4n) is 2.12. The zero-order valence-electron chi connectivity index (χ0n) is 13.4. The van der Waals surface area contributed by atoms with Crippen LogP contribution in [0, 0.1) is 0 Å². The Balaban J connectivity index is 1.89. The second kappa shape index (κ2) is 7.34. The minimum atomic E-state index is -4.61. The number of nitrogens with zero attached hydrogens (tertiary/aromatic N) is 4. The number of ether oxygens (including phenoxy) is 2. The largest absolute Gasteiger partial charge is 0.490 e. The van der Waals surface area contributed by atoms with Crippen LogP contribution in [0.15, 0.2) is 30.6 Å². The van der Waals surface area contributed by atoms with Crippen LogP contribution in [0.25, 0.3) is 5.78 Å². The molecule has 138 valence electrons. The summed E-state index contributed by atoms with van der Waals surface area (Å²) in [5.41, 5.74) is -0.628. The van der Waals surface area contributed by atoms with Crippen molar-refractivity contribution in [2.45, 2.75) is 6.18 Å². The molecule has 0 unspecified atom stereocenters. The van der Waals surface area contributed by atoms with Gasteiger partial charge in [-0.15, -0.1) is 0 Å². The minimum absolute atomic E-state index is 0.0453. The van der Waals surface area contributed by atoms with Crippen molar-refractivity contribution >= 4 is 28.9 Å². The van der Waals surface area contributed by atoms with Gasteiger partial charge >= 0.3 is 6.18 Å². The molecule has 0 saturated heterocycles. The third-order valence-corrected chi connectivity index (χ3v) is 3.59. The van der Waals surface area contributed by atoms with Crippen molar-refractivity contribution in [3.05, 3.63) is 41.3 Å². The maximum absolute atomic E-state index is 13.0. The van der Waals surface area contributed by atoms with Crippen molar-refractivity contribution in [2.24, 2.45) is 0 Å². The van der Waals surface area contributed by atoms with Crippen LogP contribution in [0.4, 0.5) is 24.7 Å². The Hall–Kier alpha value is -2.59. The molecule has 1 aromatic carbocycles. The van der Waals surface area contributed by atoms with Crippen LogP contribution < -0.4 is 10.1 Å². The lowest BCUT2D eigenvalue weighted by atomic mass is 10.3. The first-order chi connectivity index (χ1) is 12.4. The van der Waals surface area contributed by atoms with Crippen LogP contribution in [0.1, 0.15) is 5.69 Å². The van der Waals surface area contributed by atoms with Crippen molar-refractivity contribution in [3.8, 4) is 5.75 Å². The number of methoxy groups -OCH3 is 1. The lowest BCUT2D eigenvalue weighted by Gasteiger charge is -2.13. The van der Waals surface area contributed by atoms with E-state index in [4.69, 9.17) is 21.1 Å². The normalized spacial score (nSPS) is 11.7. The van der Waals surface area contributed by atoms with Crippen LogP contribution >= 0.6 is 11.6 Å². The highest BCUT2D eigenvalue weighted by Gasteiger charge is 2.34. The predicted octanol–water partition coefficient (Wildman–Crippen LogP) is 3.57. The van der Waals surface area contributed by atoms with Gasteiger partial charge in [0.05, 0.1) is 11.6 Å². The summed E-state index contributed by atoms with van der Waals surface area (Å²) in [6.07, 6.45) is -3.49. The molecule has 2 heterocycles. The first-order valence-corrected chi connectivity index (χ1v) is 7.72. The molecule has 1 N–H and O–H groups in total. The number of fused-ring (bicyclic) bond motifs is 1. The van der Waals surface area contributed by atoms with Crippen molar-refractivity contribution < 1.29 is 22.6 Å². The van der Waals surface area contributed by atoms with E-state index < -0.39 is 11.9 Å². The Morgan fingerprint density at radius 2 is 2.04 bits per heavy atom. The number of halogens is 4. The van der Waals surface area contributed by atoms with E-state index in [1.807, 2.05) is 0 Å². The monoisotopic (exact) mass is 387 g/mol. The van der Waals surface area contributed by atoms with Crippen molar-refractivity contribution in [1.29, 1.82) is 0 Å². The summed E-state index contributed by atoms with van der Waals surface area (Å²) in [6.45, 7) is 0.722. The fourth-order valence-corrected chi connectivity index (χ4v) is 2.36. The Labute approximate surface area is 150 Å². The Morgan fingerprint density at radius 1 is 1.23 bits per heavy atom. The van der Waals surface area contributed by atoms with Crippen LogP contribution in [0.3, 0.4) is 0 Å². The van der Waals surface area contributed by atoms with Gasteiger partial charge in [0.25, 0.3) is 5.78 Å². The van der Waals surface area contributed by atoms with Gasteiger partial charge < -0.3 is 14.8 Å². The van der Waals surface area contributed by atoms with Crippen LogP contribution in [0.5, 0.6) is 5.75 Å². The zero-order valence-corrected chi connectivity index (χ0v) is 14.2. The van der Waals surface area contributed by atoms with Gasteiger partial charge in [-0.3, -0.25) is 0 Å². The number of rotatable bonds is 6. The highest BCUT2D eigenvalue weighted by molar-refractivity contribution is 6.32. The Kier molecular flexibility index (Phi) is 5.14.